The quantitative estimate of drug-likeness (QED) is 0.867. The highest BCUT2D eigenvalue weighted by atomic mass is 79.9. The first-order valence-electron chi connectivity index (χ1n) is 6.83. The minimum atomic E-state index is -0.860. The predicted molar refractivity (Wildman–Crippen MR) is 83.1 cm³/mol. The van der Waals surface area contributed by atoms with Crippen LogP contribution >= 0.6 is 15.9 Å². The molecule has 112 valence electrons. The summed E-state index contributed by atoms with van der Waals surface area (Å²) in [6.45, 7) is 4.92. The van der Waals surface area contributed by atoms with Crippen molar-refractivity contribution < 1.29 is 9.90 Å². The Morgan fingerprint density at radius 2 is 2.10 bits per heavy atom. The topological polar surface area (TPSA) is 68.0 Å². The van der Waals surface area contributed by atoms with Gasteiger partial charge in [-0.3, -0.25) is 4.79 Å². The molecular weight excluding hydrogens is 334 g/mol. The number of halogens is 1. The molecule has 2 aromatic rings. The highest BCUT2D eigenvalue weighted by Gasteiger charge is 2.24. The van der Waals surface area contributed by atoms with Crippen LogP contribution < -0.4 is 0 Å². The molecule has 1 aromatic carbocycles. The second-order valence-electron chi connectivity index (χ2n) is 5.37. The van der Waals surface area contributed by atoms with E-state index in [2.05, 4.69) is 39.9 Å². The molecule has 5 nitrogen and oxygen atoms in total. The van der Waals surface area contributed by atoms with E-state index in [4.69, 9.17) is 0 Å². The van der Waals surface area contributed by atoms with Gasteiger partial charge in [0.1, 0.15) is 12.2 Å². The van der Waals surface area contributed by atoms with E-state index in [1.54, 1.807) is 4.68 Å². The zero-order valence-electron chi connectivity index (χ0n) is 12.0. The summed E-state index contributed by atoms with van der Waals surface area (Å²) in [7, 11) is 0. The predicted octanol–water partition coefficient (Wildman–Crippen LogP) is 3.11. The first kappa shape index (κ1) is 15.7. The molecule has 1 atom stereocenters. The van der Waals surface area contributed by atoms with Crippen molar-refractivity contribution in [3.05, 3.63) is 46.5 Å². The summed E-state index contributed by atoms with van der Waals surface area (Å²) in [4.78, 5) is 15.9. The largest absolute Gasteiger partial charge is 0.481 e. The zero-order chi connectivity index (χ0) is 15.4. The Bertz CT molecular complexity index is 625. The maximum absolute atomic E-state index is 11.6. The number of carbonyl (C=O) groups is 1. The average Bonchev–Trinajstić information content (AvgIpc) is 2.83. The van der Waals surface area contributed by atoms with Crippen molar-refractivity contribution in [1.82, 2.24) is 14.8 Å². The van der Waals surface area contributed by atoms with Crippen LogP contribution in [0.15, 0.2) is 35.1 Å². The van der Waals surface area contributed by atoms with Gasteiger partial charge in [-0.05, 0) is 17.5 Å². The fourth-order valence-electron chi connectivity index (χ4n) is 2.22. The van der Waals surface area contributed by atoms with Gasteiger partial charge in [0.15, 0.2) is 0 Å². The number of nitrogens with zero attached hydrogens (tertiary/aromatic N) is 3. The van der Waals surface area contributed by atoms with Crippen molar-refractivity contribution in [2.75, 3.05) is 0 Å². The molecule has 0 aliphatic rings. The van der Waals surface area contributed by atoms with Crippen molar-refractivity contribution >= 4 is 21.9 Å². The molecule has 0 fully saturated rings. The second kappa shape index (κ2) is 6.85. The lowest BCUT2D eigenvalue weighted by Gasteiger charge is -2.15. The number of benzene rings is 1. The lowest BCUT2D eigenvalue weighted by atomic mass is 9.95. The van der Waals surface area contributed by atoms with Crippen LogP contribution in [0.3, 0.4) is 0 Å². The summed E-state index contributed by atoms with van der Waals surface area (Å²) in [6, 6.07) is 7.39. The lowest BCUT2D eigenvalue weighted by molar-refractivity contribution is -0.138. The zero-order valence-corrected chi connectivity index (χ0v) is 13.6. The van der Waals surface area contributed by atoms with Crippen LogP contribution in [0.2, 0.25) is 0 Å². The molecule has 1 N–H and O–H groups in total. The standard InChI is InChI=1S/C15H18BrN3O2/c1-10(2)8-19-14(17-9-18-19)7-12(15(20)21)11-5-3-4-6-13(11)16/h3-6,9-10,12H,7-8H2,1-2H3,(H,20,21). The molecule has 0 saturated carbocycles. The highest BCUT2D eigenvalue weighted by molar-refractivity contribution is 9.10. The average molecular weight is 352 g/mol. The molecule has 1 unspecified atom stereocenters. The van der Waals surface area contributed by atoms with E-state index in [1.807, 2.05) is 24.3 Å². The number of aliphatic carboxylic acids is 1. The van der Waals surface area contributed by atoms with Crippen LogP contribution in [-0.4, -0.2) is 25.8 Å². The first-order chi connectivity index (χ1) is 9.99. The molecule has 0 radical (unpaired) electrons. The number of carboxylic acid groups (broad SMARTS) is 1. The number of hydrogen-bond donors (Lipinski definition) is 1. The Morgan fingerprint density at radius 3 is 2.71 bits per heavy atom. The molecular formula is C15H18BrN3O2. The van der Waals surface area contributed by atoms with Gasteiger partial charge < -0.3 is 5.11 Å². The van der Waals surface area contributed by atoms with E-state index in [9.17, 15) is 9.90 Å². The summed E-state index contributed by atoms with van der Waals surface area (Å²) < 4.78 is 2.59. The van der Waals surface area contributed by atoms with Crippen LogP contribution in [0.25, 0.3) is 0 Å². The van der Waals surface area contributed by atoms with Gasteiger partial charge in [0.2, 0.25) is 0 Å². The van der Waals surface area contributed by atoms with Crippen LogP contribution in [0.1, 0.15) is 31.2 Å². The number of aromatic nitrogens is 3. The summed E-state index contributed by atoms with van der Waals surface area (Å²) in [5, 5.41) is 13.7. The normalized spacial score (nSPS) is 12.6. The van der Waals surface area contributed by atoms with Crippen LogP contribution in [0.5, 0.6) is 0 Å². The smallest absolute Gasteiger partial charge is 0.311 e. The highest BCUT2D eigenvalue weighted by Crippen LogP contribution is 2.27. The van der Waals surface area contributed by atoms with Gasteiger partial charge in [-0.1, -0.05) is 48.0 Å². The monoisotopic (exact) mass is 351 g/mol. The maximum Gasteiger partial charge on any atom is 0.311 e. The van der Waals surface area contributed by atoms with Gasteiger partial charge in [0.05, 0.1) is 5.92 Å². The van der Waals surface area contributed by atoms with Crippen LogP contribution in [0, 0.1) is 5.92 Å². The lowest BCUT2D eigenvalue weighted by Crippen LogP contribution is -2.19. The van der Waals surface area contributed by atoms with E-state index >= 15 is 0 Å². The van der Waals surface area contributed by atoms with Gasteiger partial charge in [-0.25, -0.2) is 9.67 Å². The fraction of sp³-hybridized carbons (Fsp3) is 0.400. The Labute approximate surface area is 132 Å². The van der Waals surface area contributed by atoms with Crippen molar-refractivity contribution in [2.24, 2.45) is 5.92 Å². The summed E-state index contributed by atoms with van der Waals surface area (Å²) in [5.74, 6) is -0.374. The summed E-state index contributed by atoms with van der Waals surface area (Å²) in [6.07, 6.45) is 1.81. The summed E-state index contributed by atoms with van der Waals surface area (Å²) >= 11 is 3.42. The number of hydrogen-bond acceptors (Lipinski definition) is 3. The van der Waals surface area contributed by atoms with E-state index in [-0.39, 0.29) is 0 Å². The fourth-order valence-corrected chi connectivity index (χ4v) is 2.78. The van der Waals surface area contributed by atoms with E-state index in [0.717, 1.165) is 16.6 Å². The Morgan fingerprint density at radius 1 is 1.38 bits per heavy atom. The van der Waals surface area contributed by atoms with Gasteiger partial charge in [-0.2, -0.15) is 5.10 Å². The third kappa shape index (κ3) is 3.91. The van der Waals surface area contributed by atoms with Crippen LogP contribution in [-0.2, 0) is 17.8 Å². The van der Waals surface area contributed by atoms with Crippen molar-refractivity contribution in [2.45, 2.75) is 32.7 Å². The Hall–Kier alpha value is -1.69. The van der Waals surface area contributed by atoms with E-state index in [1.165, 1.54) is 6.33 Å². The molecule has 0 aliphatic carbocycles. The van der Waals surface area contributed by atoms with Crippen molar-refractivity contribution in [1.29, 1.82) is 0 Å². The molecule has 0 aliphatic heterocycles. The minimum Gasteiger partial charge on any atom is -0.481 e. The molecule has 0 spiro atoms. The van der Waals surface area contributed by atoms with Crippen molar-refractivity contribution in [3.8, 4) is 0 Å². The van der Waals surface area contributed by atoms with Gasteiger partial charge >= 0.3 is 5.97 Å². The third-order valence-electron chi connectivity index (χ3n) is 3.20. The van der Waals surface area contributed by atoms with Gasteiger partial charge in [-0.15, -0.1) is 0 Å². The maximum atomic E-state index is 11.6. The van der Waals surface area contributed by atoms with E-state index < -0.39 is 11.9 Å². The molecule has 1 aromatic heterocycles. The van der Waals surface area contributed by atoms with Gasteiger partial charge in [0, 0.05) is 17.4 Å². The molecule has 0 bridgehead atoms. The van der Waals surface area contributed by atoms with Crippen molar-refractivity contribution in [3.63, 3.8) is 0 Å². The summed E-state index contributed by atoms with van der Waals surface area (Å²) in [5.41, 5.74) is 0.754. The molecule has 6 heteroatoms. The van der Waals surface area contributed by atoms with Crippen LogP contribution in [0.4, 0.5) is 0 Å². The van der Waals surface area contributed by atoms with E-state index in [0.29, 0.717) is 18.2 Å². The molecule has 0 amide bonds. The second-order valence-corrected chi connectivity index (χ2v) is 6.22. The molecule has 21 heavy (non-hydrogen) atoms. The Balaban J connectivity index is 2.28. The third-order valence-corrected chi connectivity index (χ3v) is 3.92. The molecule has 1 heterocycles. The minimum absolute atomic E-state index is 0.324. The number of carboxylic acids is 1. The molecule has 2 rings (SSSR count). The van der Waals surface area contributed by atoms with Gasteiger partial charge in [0.25, 0.3) is 0 Å². The SMILES string of the molecule is CC(C)Cn1ncnc1CC(C(=O)O)c1ccccc1Br. The molecule has 0 saturated heterocycles. The number of rotatable bonds is 6. The first-order valence-corrected chi connectivity index (χ1v) is 7.62. The Kier molecular flexibility index (Phi) is 5.12.